The summed E-state index contributed by atoms with van der Waals surface area (Å²) in [7, 11) is -4.27. The Hall–Kier alpha value is -1.95. The number of halogens is 2. The van der Waals surface area contributed by atoms with Gasteiger partial charge in [0.05, 0.1) is 0 Å². The molecule has 2 aromatic rings. The van der Waals surface area contributed by atoms with Crippen LogP contribution in [0.2, 0.25) is 0 Å². The molecule has 0 aromatic heterocycles. The summed E-state index contributed by atoms with van der Waals surface area (Å²) in [5.41, 5.74) is 0.236. The molecule has 3 nitrogen and oxygen atoms in total. The number of nitrogens with one attached hydrogen (secondary N) is 1. The van der Waals surface area contributed by atoms with E-state index in [-0.39, 0.29) is 5.69 Å². The third-order valence-electron chi connectivity index (χ3n) is 2.21. The molecule has 0 aliphatic carbocycles. The standard InChI is InChI=1S/C12H9F2NO2S/c13-10-7-4-8-11(14)12(10)18(16,17)15-9-5-2-1-3-6-9/h1-8,15H. The van der Waals surface area contributed by atoms with Crippen LogP contribution in [0.5, 0.6) is 0 Å². The third-order valence-corrected chi connectivity index (χ3v) is 3.65. The molecule has 0 heterocycles. The number of sulfonamides is 1. The summed E-state index contributed by atoms with van der Waals surface area (Å²) < 4.78 is 52.6. The van der Waals surface area contributed by atoms with Gasteiger partial charge in [-0.3, -0.25) is 4.72 Å². The fourth-order valence-electron chi connectivity index (χ4n) is 1.45. The normalized spacial score (nSPS) is 11.2. The quantitative estimate of drug-likeness (QED) is 0.931. The molecule has 0 radical (unpaired) electrons. The summed E-state index contributed by atoms with van der Waals surface area (Å²) >= 11 is 0. The van der Waals surface area contributed by atoms with Gasteiger partial charge in [-0.2, -0.15) is 0 Å². The van der Waals surface area contributed by atoms with Crippen LogP contribution < -0.4 is 4.72 Å². The van der Waals surface area contributed by atoms with Crippen molar-refractivity contribution in [2.24, 2.45) is 0 Å². The van der Waals surface area contributed by atoms with Crippen molar-refractivity contribution in [3.05, 3.63) is 60.2 Å². The summed E-state index contributed by atoms with van der Waals surface area (Å²) in [6.45, 7) is 0. The molecule has 6 heteroatoms. The fraction of sp³-hybridized carbons (Fsp3) is 0. The van der Waals surface area contributed by atoms with Crippen molar-refractivity contribution in [1.29, 1.82) is 0 Å². The number of hydrogen-bond acceptors (Lipinski definition) is 2. The van der Waals surface area contributed by atoms with E-state index in [4.69, 9.17) is 0 Å². The predicted molar refractivity (Wildman–Crippen MR) is 63.6 cm³/mol. The van der Waals surface area contributed by atoms with Gasteiger partial charge in [-0.1, -0.05) is 24.3 Å². The Bertz CT molecular complexity index is 637. The monoisotopic (exact) mass is 269 g/mol. The van der Waals surface area contributed by atoms with Gasteiger partial charge in [-0.25, -0.2) is 17.2 Å². The SMILES string of the molecule is O=S(=O)(Nc1ccccc1)c1c(F)cccc1F. The van der Waals surface area contributed by atoms with Crippen molar-refractivity contribution < 1.29 is 17.2 Å². The molecule has 0 atom stereocenters. The summed E-state index contributed by atoms with van der Waals surface area (Å²) in [5, 5.41) is 0. The van der Waals surface area contributed by atoms with Gasteiger partial charge in [0.1, 0.15) is 11.6 Å². The molecule has 0 spiro atoms. The average Bonchev–Trinajstić information content (AvgIpc) is 2.28. The highest BCUT2D eigenvalue weighted by atomic mass is 32.2. The van der Waals surface area contributed by atoms with Crippen LogP contribution in [0.15, 0.2) is 53.4 Å². The van der Waals surface area contributed by atoms with Gasteiger partial charge < -0.3 is 0 Å². The van der Waals surface area contributed by atoms with E-state index in [0.717, 1.165) is 18.2 Å². The summed E-state index contributed by atoms with van der Waals surface area (Å²) in [4.78, 5) is -0.978. The maximum absolute atomic E-state index is 13.4. The number of para-hydroxylation sites is 1. The van der Waals surface area contributed by atoms with Gasteiger partial charge in [-0.15, -0.1) is 0 Å². The number of hydrogen-bond donors (Lipinski definition) is 1. The Morgan fingerprint density at radius 2 is 1.39 bits per heavy atom. The first-order valence-corrected chi connectivity index (χ1v) is 6.51. The van der Waals surface area contributed by atoms with Crippen molar-refractivity contribution >= 4 is 15.7 Å². The zero-order valence-corrected chi connectivity index (χ0v) is 9.92. The van der Waals surface area contributed by atoms with Crippen molar-refractivity contribution in [3.8, 4) is 0 Å². The Labute approximate surface area is 103 Å². The van der Waals surface area contributed by atoms with Gasteiger partial charge >= 0.3 is 0 Å². The van der Waals surface area contributed by atoms with E-state index in [1.807, 2.05) is 0 Å². The smallest absolute Gasteiger partial charge is 0.267 e. The Morgan fingerprint density at radius 1 is 0.833 bits per heavy atom. The van der Waals surface area contributed by atoms with Crippen LogP contribution in [-0.2, 0) is 10.0 Å². The molecule has 0 saturated heterocycles. The molecule has 2 aromatic carbocycles. The minimum absolute atomic E-state index is 0.236. The molecule has 0 unspecified atom stereocenters. The molecule has 1 N–H and O–H groups in total. The van der Waals surface area contributed by atoms with E-state index >= 15 is 0 Å². The first kappa shape index (κ1) is 12.5. The number of anilines is 1. The van der Waals surface area contributed by atoms with E-state index in [1.54, 1.807) is 18.2 Å². The molecule has 0 aliphatic rings. The van der Waals surface area contributed by atoms with Crippen LogP contribution in [0.3, 0.4) is 0 Å². The van der Waals surface area contributed by atoms with Crippen LogP contribution in [0.1, 0.15) is 0 Å². The molecule has 94 valence electrons. The largest absolute Gasteiger partial charge is 0.279 e. The van der Waals surface area contributed by atoms with Crippen LogP contribution in [-0.4, -0.2) is 8.42 Å². The Balaban J connectivity index is 2.44. The minimum Gasteiger partial charge on any atom is -0.279 e. The van der Waals surface area contributed by atoms with E-state index in [0.29, 0.717) is 0 Å². The zero-order chi connectivity index (χ0) is 13.2. The molecule has 0 bridgehead atoms. The van der Waals surface area contributed by atoms with Crippen molar-refractivity contribution in [2.45, 2.75) is 4.90 Å². The van der Waals surface area contributed by atoms with Crippen molar-refractivity contribution in [1.82, 2.24) is 0 Å². The topological polar surface area (TPSA) is 46.2 Å². The van der Waals surface area contributed by atoms with E-state index in [1.165, 1.54) is 12.1 Å². The molecular formula is C12H9F2NO2S. The zero-order valence-electron chi connectivity index (χ0n) is 9.10. The van der Waals surface area contributed by atoms with Gasteiger partial charge in [0.25, 0.3) is 10.0 Å². The van der Waals surface area contributed by atoms with Crippen LogP contribution in [0.25, 0.3) is 0 Å². The number of benzene rings is 2. The maximum Gasteiger partial charge on any atom is 0.267 e. The lowest BCUT2D eigenvalue weighted by Crippen LogP contribution is -2.16. The Kier molecular flexibility index (Phi) is 3.29. The van der Waals surface area contributed by atoms with E-state index in [9.17, 15) is 17.2 Å². The maximum atomic E-state index is 13.4. The molecule has 0 saturated carbocycles. The lowest BCUT2D eigenvalue weighted by molar-refractivity contribution is 0.521. The molecule has 18 heavy (non-hydrogen) atoms. The van der Waals surface area contributed by atoms with Crippen LogP contribution in [0.4, 0.5) is 14.5 Å². The first-order valence-electron chi connectivity index (χ1n) is 5.02. The molecule has 0 amide bonds. The van der Waals surface area contributed by atoms with Gasteiger partial charge in [0.2, 0.25) is 0 Å². The molecule has 0 aliphatic heterocycles. The van der Waals surface area contributed by atoms with Crippen LogP contribution >= 0.6 is 0 Å². The Morgan fingerprint density at radius 3 is 1.94 bits per heavy atom. The first-order chi connectivity index (χ1) is 8.50. The highest BCUT2D eigenvalue weighted by Gasteiger charge is 2.23. The van der Waals surface area contributed by atoms with Gasteiger partial charge in [-0.05, 0) is 24.3 Å². The predicted octanol–water partition coefficient (Wildman–Crippen LogP) is 2.77. The lowest BCUT2D eigenvalue weighted by Gasteiger charge is -2.09. The van der Waals surface area contributed by atoms with Gasteiger partial charge in [0.15, 0.2) is 4.90 Å². The van der Waals surface area contributed by atoms with E-state index < -0.39 is 26.6 Å². The summed E-state index contributed by atoms with van der Waals surface area (Å²) in [6.07, 6.45) is 0. The highest BCUT2D eigenvalue weighted by molar-refractivity contribution is 7.92. The van der Waals surface area contributed by atoms with Crippen molar-refractivity contribution in [3.63, 3.8) is 0 Å². The number of rotatable bonds is 3. The van der Waals surface area contributed by atoms with Gasteiger partial charge in [0, 0.05) is 5.69 Å². The second-order valence-corrected chi connectivity index (χ2v) is 5.14. The highest BCUT2D eigenvalue weighted by Crippen LogP contribution is 2.21. The lowest BCUT2D eigenvalue weighted by atomic mass is 10.3. The second-order valence-electron chi connectivity index (χ2n) is 3.52. The summed E-state index contributed by atoms with van der Waals surface area (Å²) in [5.74, 6) is -2.25. The van der Waals surface area contributed by atoms with E-state index in [2.05, 4.69) is 4.72 Å². The van der Waals surface area contributed by atoms with Crippen LogP contribution in [0, 0.1) is 11.6 Å². The van der Waals surface area contributed by atoms with Crippen molar-refractivity contribution in [2.75, 3.05) is 4.72 Å². The molecule has 0 fully saturated rings. The minimum atomic E-state index is -4.27. The average molecular weight is 269 g/mol. The summed E-state index contributed by atoms with van der Waals surface area (Å²) in [6, 6.07) is 10.8. The molecular weight excluding hydrogens is 260 g/mol. The third kappa shape index (κ3) is 2.48. The second kappa shape index (κ2) is 4.73. The fourth-order valence-corrected chi connectivity index (χ4v) is 2.65. The molecule has 2 rings (SSSR count).